The Kier molecular flexibility index (Phi) is 9.81. The average Bonchev–Trinajstić information content (AvgIpc) is 2.52. The Morgan fingerprint density at radius 1 is 0.952 bits per heavy atom. The Hall–Kier alpha value is -1.15. The van der Waals surface area contributed by atoms with Crippen LogP contribution in [-0.4, -0.2) is 12.3 Å². The first-order chi connectivity index (χ1) is 10.3. The Bertz CT molecular complexity index is 374. The van der Waals surface area contributed by atoms with E-state index in [-0.39, 0.29) is 5.92 Å². The number of nitrogens with two attached hydrogens (primary N) is 1. The van der Waals surface area contributed by atoms with Gasteiger partial charge in [-0.05, 0) is 12.0 Å². The molecule has 1 unspecified atom stereocenters. The van der Waals surface area contributed by atoms with Gasteiger partial charge in [0.15, 0.2) is 0 Å². The highest BCUT2D eigenvalue weighted by Gasteiger charge is 2.17. The summed E-state index contributed by atoms with van der Waals surface area (Å²) in [5.41, 5.74) is 6.84. The van der Waals surface area contributed by atoms with E-state index in [9.17, 15) is 4.79 Å². The summed E-state index contributed by atoms with van der Waals surface area (Å²) >= 11 is 0. The quantitative estimate of drug-likeness (QED) is 0.560. The smallest absolute Gasteiger partial charge is 0.141 e. The number of hydrogen-bond donors (Lipinski definition) is 1. The molecular weight excluding hydrogens is 258 g/mol. The zero-order valence-electron chi connectivity index (χ0n) is 13.5. The van der Waals surface area contributed by atoms with Crippen LogP contribution < -0.4 is 5.73 Å². The van der Waals surface area contributed by atoms with E-state index in [2.05, 4.69) is 6.92 Å². The first kappa shape index (κ1) is 17.9. The van der Waals surface area contributed by atoms with Gasteiger partial charge >= 0.3 is 0 Å². The van der Waals surface area contributed by atoms with E-state index >= 15 is 0 Å². The molecular formula is C19H31NO. The third-order valence-electron chi connectivity index (χ3n) is 4.10. The summed E-state index contributed by atoms with van der Waals surface area (Å²) in [4.78, 5) is 12.3. The van der Waals surface area contributed by atoms with E-state index in [1.807, 2.05) is 30.3 Å². The molecule has 1 rings (SSSR count). The number of ketones is 1. The molecule has 118 valence electrons. The van der Waals surface area contributed by atoms with Crippen molar-refractivity contribution in [2.75, 3.05) is 6.54 Å². The van der Waals surface area contributed by atoms with Crippen LogP contribution in [0.3, 0.4) is 0 Å². The monoisotopic (exact) mass is 289 g/mol. The largest absolute Gasteiger partial charge is 0.329 e. The lowest BCUT2D eigenvalue weighted by Crippen LogP contribution is -2.21. The maximum atomic E-state index is 12.3. The molecule has 1 aromatic carbocycles. The predicted octanol–water partition coefficient (Wildman–Crippen LogP) is 4.83. The normalized spacial score (nSPS) is 12.3. The van der Waals surface area contributed by atoms with Crippen molar-refractivity contribution in [1.82, 2.24) is 0 Å². The SMILES string of the molecule is CCCCCCCCCCC(=O)C(CN)c1ccccc1. The van der Waals surface area contributed by atoms with Crippen molar-refractivity contribution in [1.29, 1.82) is 0 Å². The second-order valence-corrected chi connectivity index (χ2v) is 5.89. The highest BCUT2D eigenvalue weighted by Crippen LogP contribution is 2.19. The maximum Gasteiger partial charge on any atom is 0.141 e. The minimum atomic E-state index is -0.115. The third kappa shape index (κ3) is 7.42. The van der Waals surface area contributed by atoms with Crippen LogP contribution in [0.2, 0.25) is 0 Å². The zero-order valence-corrected chi connectivity index (χ0v) is 13.5. The maximum absolute atomic E-state index is 12.3. The molecule has 0 saturated heterocycles. The van der Waals surface area contributed by atoms with Crippen LogP contribution in [-0.2, 0) is 4.79 Å². The molecule has 0 aliphatic carbocycles. The topological polar surface area (TPSA) is 43.1 Å². The fourth-order valence-corrected chi connectivity index (χ4v) is 2.75. The number of hydrogen-bond acceptors (Lipinski definition) is 2. The summed E-state index contributed by atoms with van der Waals surface area (Å²) in [6.07, 6.45) is 10.8. The molecule has 0 saturated carbocycles. The van der Waals surface area contributed by atoms with Crippen LogP contribution in [0, 0.1) is 0 Å². The van der Waals surface area contributed by atoms with Crippen molar-refractivity contribution >= 4 is 5.78 Å². The van der Waals surface area contributed by atoms with Crippen molar-refractivity contribution in [2.24, 2.45) is 5.73 Å². The van der Waals surface area contributed by atoms with Gasteiger partial charge in [0.2, 0.25) is 0 Å². The number of rotatable bonds is 12. The van der Waals surface area contributed by atoms with E-state index in [0.29, 0.717) is 18.7 Å². The van der Waals surface area contributed by atoms with Gasteiger partial charge in [0.05, 0.1) is 5.92 Å². The molecule has 0 spiro atoms. The van der Waals surface area contributed by atoms with E-state index < -0.39 is 0 Å². The number of benzene rings is 1. The summed E-state index contributed by atoms with van der Waals surface area (Å²) < 4.78 is 0. The molecule has 21 heavy (non-hydrogen) atoms. The Labute approximate surface area is 130 Å². The fraction of sp³-hybridized carbons (Fsp3) is 0.632. The van der Waals surface area contributed by atoms with Crippen molar-refractivity contribution in [2.45, 2.75) is 70.6 Å². The minimum Gasteiger partial charge on any atom is -0.329 e. The van der Waals surface area contributed by atoms with Crippen LogP contribution in [0.5, 0.6) is 0 Å². The van der Waals surface area contributed by atoms with Gasteiger partial charge in [0.1, 0.15) is 5.78 Å². The number of unbranched alkanes of at least 4 members (excludes halogenated alkanes) is 7. The van der Waals surface area contributed by atoms with E-state index in [1.165, 1.54) is 44.9 Å². The number of carbonyl (C=O) groups excluding carboxylic acids is 1. The molecule has 0 aromatic heterocycles. The van der Waals surface area contributed by atoms with Crippen LogP contribution in [0.4, 0.5) is 0 Å². The van der Waals surface area contributed by atoms with Crippen LogP contribution in [0.1, 0.15) is 76.2 Å². The van der Waals surface area contributed by atoms with Gasteiger partial charge in [-0.1, -0.05) is 82.2 Å². The lowest BCUT2D eigenvalue weighted by molar-refractivity contribution is -0.120. The number of Topliss-reactive ketones (excluding diaryl/α,β-unsaturated/α-hetero) is 1. The summed E-state index contributed by atoms with van der Waals surface area (Å²) in [5, 5.41) is 0. The fourth-order valence-electron chi connectivity index (χ4n) is 2.75. The highest BCUT2D eigenvalue weighted by molar-refractivity contribution is 5.85. The predicted molar refractivity (Wildman–Crippen MR) is 90.5 cm³/mol. The lowest BCUT2D eigenvalue weighted by atomic mass is 9.91. The average molecular weight is 289 g/mol. The van der Waals surface area contributed by atoms with E-state index in [4.69, 9.17) is 5.73 Å². The number of carbonyl (C=O) groups is 1. The van der Waals surface area contributed by atoms with E-state index in [0.717, 1.165) is 12.0 Å². The molecule has 0 aliphatic rings. The molecule has 2 heteroatoms. The molecule has 1 aromatic rings. The Morgan fingerprint density at radius 2 is 1.52 bits per heavy atom. The second kappa shape index (κ2) is 11.5. The van der Waals surface area contributed by atoms with Crippen molar-refractivity contribution in [3.8, 4) is 0 Å². The first-order valence-corrected chi connectivity index (χ1v) is 8.57. The van der Waals surface area contributed by atoms with Gasteiger partial charge in [0, 0.05) is 13.0 Å². The lowest BCUT2D eigenvalue weighted by Gasteiger charge is -2.13. The third-order valence-corrected chi connectivity index (χ3v) is 4.10. The molecule has 0 radical (unpaired) electrons. The summed E-state index contributed by atoms with van der Waals surface area (Å²) in [7, 11) is 0. The minimum absolute atomic E-state index is 0.115. The summed E-state index contributed by atoms with van der Waals surface area (Å²) in [5.74, 6) is 0.186. The van der Waals surface area contributed by atoms with Crippen molar-refractivity contribution < 1.29 is 4.79 Å². The molecule has 0 fully saturated rings. The summed E-state index contributed by atoms with van der Waals surface area (Å²) in [6.45, 7) is 2.66. The Balaban J connectivity index is 2.17. The van der Waals surface area contributed by atoms with Gasteiger partial charge in [-0.3, -0.25) is 4.79 Å². The molecule has 2 nitrogen and oxygen atoms in total. The van der Waals surface area contributed by atoms with Gasteiger partial charge in [0.25, 0.3) is 0 Å². The molecule has 1 atom stereocenters. The van der Waals surface area contributed by atoms with Crippen LogP contribution >= 0.6 is 0 Å². The van der Waals surface area contributed by atoms with Gasteiger partial charge in [-0.15, -0.1) is 0 Å². The zero-order chi connectivity index (χ0) is 15.3. The molecule has 0 aliphatic heterocycles. The van der Waals surface area contributed by atoms with Gasteiger partial charge < -0.3 is 5.73 Å². The molecule has 0 heterocycles. The van der Waals surface area contributed by atoms with Crippen LogP contribution in [0.15, 0.2) is 30.3 Å². The molecule has 0 bridgehead atoms. The summed E-state index contributed by atoms with van der Waals surface area (Å²) in [6, 6.07) is 9.93. The molecule has 2 N–H and O–H groups in total. The van der Waals surface area contributed by atoms with Gasteiger partial charge in [-0.2, -0.15) is 0 Å². The van der Waals surface area contributed by atoms with Crippen molar-refractivity contribution in [3.05, 3.63) is 35.9 Å². The highest BCUT2D eigenvalue weighted by atomic mass is 16.1. The van der Waals surface area contributed by atoms with E-state index in [1.54, 1.807) is 0 Å². The second-order valence-electron chi connectivity index (χ2n) is 5.89. The first-order valence-electron chi connectivity index (χ1n) is 8.57. The van der Waals surface area contributed by atoms with Crippen LogP contribution in [0.25, 0.3) is 0 Å². The standard InChI is InChI=1S/C19H31NO/c1-2-3-4-5-6-7-8-12-15-19(21)18(16-20)17-13-10-9-11-14-17/h9-11,13-14,18H,2-8,12,15-16,20H2,1H3. The molecule has 0 amide bonds. The Morgan fingerprint density at radius 3 is 2.10 bits per heavy atom. The van der Waals surface area contributed by atoms with Crippen molar-refractivity contribution in [3.63, 3.8) is 0 Å². The van der Waals surface area contributed by atoms with Gasteiger partial charge in [-0.25, -0.2) is 0 Å².